The van der Waals surface area contributed by atoms with Crippen molar-refractivity contribution < 1.29 is 14.7 Å². The highest BCUT2D eigenvalue weighted by molar-refractivity contribution is 5.96. The van der Waals surface area contributed by atoms with E-state index in [-0.39, 0.29) is 11.8 Å². The minimum atomic E-state index is -1.00. The predicted molar refractivity (Wildman–Crippen MR) is 79.1 cm³/mol. The molecule has 1 rings (SSSR count). The van der Waals surface area contributed by atoms with Gasteiger partial charge in [-0.25, -0.2) is 4.79 Å². The van der Waals surface area contributed by atoms with Gasteiger partial charge in [-0.3, -0.25) is 4.79 Å². The number of nitrogens with one attached hydrogen (secondary N) is 1. The second kappa shape index (κ2) is 6.93. The number of carbonyl (C=O) groups excluding carboxylic acids is 1. The van der Waals surface area contributed by atoms with Crippen LogP contribution in [0.3, 0.4) is 0 Å². The van der Waals surface area contributed by atoms with Crippen molar-refractivity contribution in [2.75, 3.05) is 19.0 Å². The fraction of sp³-hybridized carbons (Fsp3) is 0.467. The van der Waals surface area contributed by atoms with Gasteiger partial charge in [0, 0.05) is 25.3 Å². The van der Waals surface area contributed by atoms with E-state index in [2.05, 4.69) is 5.32 Å². The minimum absolute atomic E-state index is 0.113. The van der Waals surface area contributed by atoms with E-state index >= 15 is 0 Å². The molecule has 110 valence electrons. The molecule has 0 fully saturated rings. The van der Waals surface area contributed by atoms with Crippen LogP contribution < -0.4 is 10.2 Å². The average molecular weight is 278 g/mol. The topological polar surface area (TPSA) is 69.6 Å². The van der Waals surface area contributed by atoms with Crippen molar-refractivity contribution in [3.05, 3.63) is 29.8 Å². The van der Waals surface area contributed by atoms with Crippen LogP contribution in [0.1, 0.15) is 30.6 Å². The summed E-state index contributed by atoms with van der Waals surface area (Å²) in [5.41, 5.74) is 1.45. The molecule has 0 spiro atoms. The van der Waals surface area contributed by atoms with Crippen molar-refractivity contribution in [3.63, 3.8) is 0 Å². The lowest BCUT2D eigenvalue weighted by Gasteiger charge is -2.20. The summed E-state index contributed by atoms with van der Waals surface area (Å²) in [6.45, 7) is 3.72. The van der Waals surface area contributed by atoms with Crippen molar-refractivity contribution in [2.24, 2.45) is 5.92 Å². The Morgan fingerprint density at radius 1 is 1.25 bits per heavy atom. The molecule has 0 aliphatic heterocycles. The van der Waals surface area contributed by atoms with Gasteiger partial charge in [0.05, 0.1) is 0 Å². The zero-order valence-electron chi connectivity index (χ0n) is 12.4. The molecule has 1 aromatic rings. The third kappa shape index (κ3) is 3.98. The molecule has 1 amide bonds. The van der Waals surface area contributed by atoms with Crippen LogP contribution in [0.2, 0.25) is 0 Å². The van der Waals surface area contributed by atoms with Crippen molar-refractivity contribution in [3.8, 4) is 0 Å². The maximum atomic E-state index is 12.1. The van der Waals surface area contributed by atoms with Crippen molar-refractivity contribution in [1.29, 1.82) is 0 Å². The first-order valence-corrected chi connectivity index (χ1v) is 6.67. The maximum Gasteiger partial charge on any atom is 0.326 e. The summed E-state index contributed by atoms with van der Waals surface area (Å²) >= 11 is 0. The molecule has 0 saturated carbocycles. The number of aliphatic carboxylic acids is 1. The molecule has 0 aliphatic rings. The minimum Gasteiger partial charge on any atom is -0.480 e. The molecule has 2 N–H and O–H groups in total. The van der Waals surface area contributed by atoms with Crippen LogP contribution in [-0.2, 0) is 4.79 Å². The largest absolute Gasteiger partial charge is 0.480 e. The van der Waals surface area contributed by atoms with Crippen molar-refractivity contribution in [2.45, 2.75) is 26.3 Å². The number of amides is 1. The molecule has 2 atom stereocenters. The summed E-state index contributed by atoms with van der Waals surface area (Å²) in [5.74, 6) is -1.47. The van der Waals surface area contributed by atoms with Crippen LogP contribution in [0, 0.1) is 5.92 Å². The van der Waals surface area contributed by atoms with Gasteiger partial charge in [-0.1, -0.05) is 20.3 Å². The van der Waals surface area contributed by atoms with Gasteiger partial charge in [-0.2, -0.15) is 0 Å². The number of carboxylic acid groups (broad SMARTS) is 1. The summed E-state index contributed by atoms with van der Waals surface area (Å²) in [5, 5.41) is 11.7. The van der Waals surface area contributed by atoms with E-state index in [4.69, 9.17) is 5.11 Å². The smallest absolute Gasteiger partial charge is 0.326 e. The molecule has 0 saturated heterocycles. The molecule has 5 nitrogen and oxygen atoms in total. The summed E-state index contributed by atoms with van der Waals surface area (Å²) in [7, 11) is 3.83. The molecule has 0 unspecified atom stereocenters. The molecule has 20 heavy (non-hydrogen) atoms. The number of hydrogen-bond acceptors (Lipinski definition) is 3. The fourth-order valence-corrected chi connectivity index (χ4v) is 1.82. The van der Waals surface area contributed by atoms with E-state index in [1.165, 1.54) is 0 Å². The van der Waals surface area contributed by atoms with Crippen LogP contribution in [0.25, 0.3) is 0 Å². The molecular formula is C15H22N2O3. The quantitative estimate of drug-likeness (QED) is 0.835. The lowest BCUT2D eigenvalue weighted by atomic mass is 9.99. The highest BCUT2D eigenvalue weighted by atomic mass is 16.4. The number of hydrogen-bond donors (Lipinski definition) is 2. The zero-order chi connectivity index (χ0) is 15.3. The lowest BCUT2D eigenvalue weighted by Crippen LogP contribution is -2.45. The fourth-order valence-electron chi connectivity index (χ4n) is 1.82. The van der Waals surface area contributed by atoms with Crippen LogP contribution in [0.15, 0.2) is 24.3 Å². The maximum absolute atomic E-state index is 12.1. The third-order valence-corrected chi connectivity index (χ3v) is 3.41. The summed E-state index contributed by atoms with van der Waals surface area (Å²) in [4.78, 5) is 25.2. The number of benzene rings is 1. The Bertz CT molecular complexity index is 469. The Morgan fingerprint density at radius 3 is 2.20 bits per heavy atom. The normalized spacial score (nSPS) is 13.4. The molecule has 0 radical (unpaired) electrons. The van der Waals surface area contributed by atoms with E-state index in [0.717, 1.165) is 5.69 Å². The van der Waals surface area contributed by atoms with Crippen LogP contribution >= 0.6 is 0 Å². The van der Waals surface area contributed by atoms with Gasteiger partial charge in [0.1, 0.15) is 6.04 Å². The van der Waals surface area contributed by atoms with Crippen LogP contribution in [0.4, 0.5) is 5.69 Å². The second-order valence-corrected chi connectivity index (χ2v) is 5.12. The SMILES string of the molecule is CC[C@H](C)[C@H](NC(=O)c1ccc(N(C)C)cc1)C(=O)O. The average Bonchev–Trinajstić information content (AvgIpc) is 2.43. The third-order valence-electron chi connectivity index (χ3n) is 3.41. The molecular weight excluding hydrogens is 256 g/mol. The Labute approximate surface area is 119 Å². The van der Waals surface area contributed by atoms with Gasteiger partial charge in [0.25, 0.3) is 5.91 Å². The van der Waals surface area contributed by atoms with E-state index < -0.39 is 12.0 Å². The molecule has 0 heterocycles. The molecule has 5 heteroatoms. The molecule has 0 bridgehead atoms. The van der Waals surface area contributed by atoms with E-state index in [0.29, 0.717) is 12.0 Å². The highest BCUT2D eigenvalue weighted by Gasteiger charge is 2.25. The van der Waals surface area contributed by atoms with Gasteiger partial charge in [-0.15, -0.1) is 0 Å². The lowest BCUT2D eigenvalue weighted by molar-refractivity contribution is -0.140. The van der Waals surface area contributed by atoms with Gasteiger partial charge >= 0.3 is 5.97 Å². The Kier molecular flexibility index (Phi) is 5.55. The van der Waals surface area contributed by atoms with Crippen LogP contribution in [0.5, 0.6) is 0 Å². The van der Waals surface area contributed by atoms with E-state index in [9.17, 15) is 9.59 Å². The Balaban J connectivity index is 2.81. The van der Waals surface area contributed by atoms with Crippen molar-refractivity contribution in [1.82, 2.24) is 5.32 Å². The molecule has 0 aromatic heterocycles. The number of anilines is 1. The molecule has 1 aromatic carbocycles. The first-order valence-electron chi connectivity index (χ1n) is 6.67. The molecule has 0 aliphatic carbocycles. The highest BCUT2D eigenvalue weighted by Crippen LogP contribution is 2.13. The number of nitrogens with zero attached hydrogens (tertiary/aromatic N) is 1. The van der Waals surface area contributed by atoms with Crippen molar-refractivity contribution >= 4 is 17.6 Å². The zero-order valence-corrected chi connectivity index (χ0v) is 12.4. The summed E-state index contributed by atoms with van der Waals surface area (Å²) < 4.78 is 0. The predicted octanol–water partition coefficient (Wildman–Crippen LogP) is 1.98. The van der Waals surface area contributed by atoms with Crippen LogP contribution in [-0.4, -0.2) is 37.1 Å². The Morgan fingerprint density at radius 2 is 1.80 bits per heavy atom. The van der Waals surface area contributed by atoms with Gasteiger partial charge < -0.3 is 15.3 Å². The Hall–Kier alpha value is -2.04. The van der Waals surface area contributed by atoms with Gasteiger partial charge in [0.15, 0.2) is 0 Å². The summed E-state index contributed by atoms with van der Waals surface area (Å²) in [6, 6.07) is 6.18. The number of rotatable bonds is 6. The first kappa shape index (κ1) is 16.0. The standard InChI is InChI=1S/C15H22N2O3/c1-5-10(2)13(15(19)20)16-14(18)11-6-8-12(9-7-11)17(3)4/h6-10,13H,5H2,1-4H3,(H,16,18)(H,19,20)/t10-,13-/m0/s1. The van der Waals surface area contributed by atoms with E-state index in [1.807, 2.05) is 45.0 Å². The van der Waals surface area contributed by atoms with Gasteiger partial charge in [0.2, 0.25) is 0 Å². The summed E-state index contributed by atoms with van der Waals surface area (Å²) in [6.07, 6.45) is 0.691. The first-order chi connectivity index (χ1) is 9.36. The monoisotopic (exact) mass is 278 g/mol. The van der Waals surface area contributed by atoms with E-state index in [1.54, 1.807) is 12.1 Å². The second-order valence-electron chi connectivity index (χ2n) is 5.12. The number of carbonyl (C=O) groups is 2. The van der Waals surface area contributed by atoms with Gasteiger partial charge in [-0.05, 0) is 30.2 Å². The number of carboxylic acids is 1.